The van der Waals surface area contributed by atoms with E-state index >= 15 is 0 Å². The molecule has 2 aliphatic heterocycles. The van der Waals surface area contributed by atoms with E-state index in [1.54, 1.807) is 30.5 Å². The van der Waals surface area contributed by atoms with Crippen LogP contribution in [0.15, 0.2) is 59.6 Å². The van der Waals surface area contributed by atoms with Gasteiger partial charge in [0.1, 0.15) is 5.82 Å². The smallest absolute Gasteiger partial charge is 0.241 e. The van der Waals surface area contributed by atoms with Crippen LogP contribution in [0.3, 0.4) is 0 Å². The molecule has 32 heavy (non-hydrogen) atoms. The molecule has 7 heteroatoms. The summed E-state index contributed by atoms with van der Waals surface area (Å²) >= 11 is 7.78. The van der Waals surface area contributed by atoms with Gasteiger partial charge in [-0.1, -0.05) is 11.6 Å². The number of anilines is 1. The van der Waals surface area contributed by atoms with Crippen molar-refractivity contribution < 1.29 is 9.18 Å². The van der Waals surface area contributed by atoms with Crippen LogP contribution in [0.1, 0.15) is 32.6 Å². The summed E-state index contributed by atoms with van der Waals surface area (Å²) in [4.78, 5) is 20.8. The third-order valence-electron chi connectivity index (χ3n) is 6.64. The zero-order valence-corrected chi connectivity index (χ0v) is 19.4. The Kier molecular flexibility index (Phi) is 6.10. The highest BCUT2D eigenvalue weighted by atomic mass is 35.5. The number of carbonyl (C=O) groups is 1. The van der Waals surface area contributed by atoms with Crippen molar-refractivity contribution in [2.75, 3.05) is 5.32 Å². The zero-order chi connectivity index (χ0) is 22.2. The minimum absolute atomic E-state index is 0.0194. The Balaban J connectivity index is 1.27. The van der Waals surface area contributed by atoms with Crippen molar-refractivity contribution in [2.45, 2.75) is 60.9 Å². The molecule has 0 saturated carbocycles. The maximum Gasteiger partial charge on any atom is 0.241 e. The Morgan fingerprint density at radius 3 is 2.59 bits per heavy atom. The van der Waals surface area contributed by atoms with Crippen molar-refractivity contribution in [3.63, 3.8) is 0 Å². The van der Waals surface area contributed by atoms with Crippen molar-refractivity contribution in [1.82, 2.24) is 9.88 Å². The highest BCUT2D eigenvalue weighted by Crippen LogP contribution is 2.44. The van der Waals surface area contributed by atoms with Gasteiger partial charge in [-0.05, 0) is 81.1 Å². The van der Waals surface area contributed by atoms with Crippen molar-refractivity contribution >= 4 is 45.9 Å². The molecule has 5 rings (SSSR count). The number of carbonyl (C=O) groups excluding carboxylic acids is 1. The van der Waals surface area contributed by atoms with Gasteiger partial charge in [0, 0.05) is 44.5 Å². The second-order valence-electron chi connectivity index (χ2n) is 8.69. The van der Waals surface area contributed by atoms with Crippen molar-refractivity contribution in [3.8, 4) is 0 Å². The molecule has 4 nitrogen and oxygen atoms in total. The van der Waals surface area contributed by atoms with Crippen LogP contribution < -0.4 is 5.32 Å². The van der Waals surface area contributed by atoms with Gasteiger partial charge in [-0.3, -0.25) is 14.7 Å². The molecule has 3 unspecified atom stereocenters. The minimum atomic E-state index is -0.234. The van der Waals surface area contributed by atoms with Crippen molar-refractivity contribution in [3.05, 3.63) is 65.6 Å². The van der Waals surface area contributed by atoms with Crippen LogP contribution in [0.5, 0.6) is 0 Å². The number of rotatable bonds is 5. The number of thioether (sulfide) groups is 1. The second kappa shape index (κ2) is 9.00. The highest BCUT2D eigenvalue weighted by molar-refractivity contribution is 8.00. The topological polar surface area (TPSA) is 45.2 Å². The molecule has 2 saturated heterocycles. The molecular formula is C25H25ClFN3OS. The molecule has 1 N–H and O–H groups in total. The summed E-state index contributed by atoms with van der Waals surface area (Å²) in [5.41, 5.74) is 1.59. The number of nitrogens with zero attached hydrogens (tertiary/aromatic N) is 2. The largest absolute Gasteiger partial charge is 0.325 e. The van der Waals surface area contributed by atoms with E-state index in [1.807, 2.05) is 36.9 Å². The molecule has 0 aliphatic carbocycles. The summed E-state index contributed by atoms with van der Waals surface area (Å²) in [6, 6.07) is 14.6. The van der Waals surface area contributed by atoms with Crippen LogP contribution in [-0.2, 0) is 4.79 Å². The molecule has 3 heterocycles. The number of halogens is 2. The van der Waals surface area contributed by atoms with E-state index in [4.69, 9.17) is 11.6 Å². The normalized spacial score (nSPS) is 23.9. The molecule has 3 aromatic rings. The monoisotopic (exact) mass is 469 g/mol. The Morgan fingerprint density at radius 1 is 1.16 bits per heavy atom. The number of benzene rings is 2. The number of piperidine rings is 1. The second-order valence-corrected chi connectivity index (χ2v) is 10.5. The summed E-state index contributed by atoms with van der Waals surface area (Å²) < 4.78 is 13.8. The Labute approximate surface area is 196 Å². The summed E-state index contributed by atoms with van der Waals surface area (Å²) in [6.07, 6.45) is 6.09. The van der Waals surface area contributed by atoms with E-state index in [0.29, 0.717) is 22.4 Å². The standard InChI is InChI=1S/C25H25ClFN3OS/c1-15(25(31)29-18-5-2-16(26)3-6-18)30-19-7-8-20(30)14-21(13-19)32-24-10-11-28-23-9-4-17(27)12-22(23)24/h2-6,9-12,15,19-21H,7-8,13-14H2,1H3,(H,29,31). The Hall–Kier alpha value is -2.15. The first-order chi connectivity index (χ1) is 15.5. The van der Waals surface area contributed by atoms with Crippen LogP contribution in [0.25, 0.3) is 10.9 Å². The molecule has 3 atom stereocenters. The predicted molar refractivity (Wildman–Crippen MR) is 129 cm³/mol. The average molecular weight is 470 g/mol. The van der Waals surface area contributed by atoms with E-state index in [2.05, 4.69) is 15.2 Å². The lowest BCUT2D eigenvalue weighted by atomic mass is 9.99. The van der Waals surface area contributed by atoms with Gasteiger partial charge < -0.3 is 5.32 Å². The predicted octanol–water partition coefficient (Wildman–Crippen LogP) is 6.14. The molecule has 0 spiro atoms. The minimum Gasteiger partial charge on any atom is -0.325 e. The molecule has 2 fully saturated rings. The first-order valence-corrected chi connectivity index (χ1v) is 12.3. The summed E-state index contributed by atoms with van der Waals surface area (Å²) in [5.74, 6) is -0.214. The van der Waals surface area contributed by atoms with Gasteiger partial charge in [0.25, 0.3) is 0 Å². The summed E-state index contributed by atoms with van der Waals surface area (Å²) in [7, 11) is 0. The van der Waals surface area contributed by atoms with Gasteiger partial charge in [0.2, 0.25) is 5.91 Å². The third kappa shape index (κ3) is 4.36. The van der Waals surface area contributed by atoms with Crippen LogP contribution in [-0.4, -0.2) is 39.2 Å². The van der Waals surface area contributed by atoms with Crippen LogP contribution in [0.2, 0.25) is 5.02 Å². The zero-order valence-electron chi connectivity index (χ0n) is 17.8. The van der Waals surface area contributed by atoms with Crippen molar-refractivity contribution in [1.29, 1.82) is 0 Å². The number of pyridine rings is 1. The van der Waals surface area contributed by atoms with Crippen LogP contribution >= 0.6 is 23.4 Å². The first kappa shape index (κ1) is 21.7. The van der Waals surface area contributed by atoms with Gasteiger partial charge in [-0.25, -0.2) is 4.39 Å². The van der Waals surface area contributed by atoms with E-state index in [0.717, 1.165) is 47.2 Å². The Bertz CT molecular complexity index is 1130. The SMILES string of the molecule is CC(C(=O)Nc1ccc(Cl)cc1)N1C2CCC1CC(Sc1ccnc3ccc(F)cc13)C2. The summed E-state index contributed by atoms with van der Waals surface area (Å²) in [6.45, 7) is 2.00. The van der Waals surface area contributed by atoms with Crippen LogP contribution in [0, 0.1) is 5.82 Å². The number of nitrogens with one attached hydrogen (secondary N) is 1. The molecule has 2 aromatic carbocycles. The highest BCUT2D eigenvalue weighted by Gasteiger charge is 2.44. The number of hydrogen-bond donors (Lipinski definition) is 1. The number of aromatic nitrogens is 1. The van der Waals surface area contributed by atoms with Gasteiger partial charge in [-0.15, -0.1) is 11.8 Å². The first-order valence-electron chi connectivity index (χ1n) is 11.0. The molecule has 2 aliphatic rings. The molecule has 2 bridgehead atoms. The molecule has 1 amide bonds. The lowest BCUT2D eigenvalue weighted by Gasteiger charge is -2.41. The van der Waals surface area contributed by atoms with Crippen molar-refractivity contribution in [2.24, 2.45) is 0 Å². The van der Waals surface area contributed by atoms with E-state index < -0.39 is 0 Å². The van der Waals surface area contributed by atoms with Gasteiger partial charge in [0.15, 0.2) is 0 Å². The van der Waals surface area contributed by atoms with E-state index in [1.165, 1.54) is 6.07 Å². The van der Waals surface area contributed by atoms with Gasteiger partial charge >= 0.3 is 0 Å². The lowest BCUT2D eigenvalue weighted by molar-refractivity contribution is -0.122. The third-order valence-corrected chi connectivity index (χ3v) is 8.22. The molecule has 1 aromatic heterocycles. The van der Waals surface area contributed by atoms with Gasteiger partial charge in [-0.2, -0.15) is 0 Å². The number of fused-ring (bicyclic) bond motifs is 3. The maximum absolute atomic E-state index is 13.8. The maximum atomic E-state index is 13.8. The van der Waals surface area contributed by atoms with E-state index in [-0.39, 0.29) is 17.8 Å². The quantitative estimate of drug-likeness (QED) is 0.487. The average Bonchev–Trinajstić information content (AvgIpc) is 3.05. The fourth-order valence-corrected chi connectivity index (χ4v) is 6.73. The fraction of sp³-hybridized carbons (Fsp3) is 0.360. The van der Waals surface area contributed by atoms with Crippen LogP contribution in [0.4, 0.5) is 10.1 Å². The molecule has 166 valence electrons. The van der Waals surface area contributed by atoms with E-state index in [9.17, 15) is 9.18 Å². The van der Waals surface area contributed by atoms with Gasteiger partial charge in [0.05, 0.1) is 11.6 Å². The number of amides is 1. The molecule has 0 radical (unpaired) electrons. The Morgan fingerprint density at radius 2 is 1.88 bits per heavy atom. The molecular weight excluding hydrogens is 445 g/mol. The fourth-order valence-electron chi connectivity index (χ4n) is 5.18. The summed E-state index contributed by atoms with van der Waals surface area (Å²) in [5, 5.41) is 5.00. The number of hydrogen-bond acceptors (Lipinski definition) is 4. The lowest BCUT2D eigenvalue weighted by Crippen LogP contribution is -2.52.